The van der Waals surface area contributed by atoms with Gasteiger partial charge in [-0.3, -0.25) is 0 Å². The van der Waals surface area contributed by atoms with Gasteiger partial charge in [-0.15, -0.1) is 11.6 Å². The highest BCUT2D eigenvalue weighted by molar-refractivity contribution is 6.21. The number of carbonyl (C=O) groups is 3. The molecule has 5 atom stereocenters. The molecule has 0 aromatic heterocycles. The molecule has 0 radical (unpaired) electrons. The van der Waals surface area contributed by atoms with Crippen LogP contribution in [0.5, 0.6) is 0 Å². The van der Waals surface area contributed by atoms with Crippen molar-refractivity contribution < 1.29 is 38.4 Å². The monoisotopic (exact) mass is 510 g/mol. The van der Waals surface area contributed by atoms with Crippen molar-refractivity contribution in [2.24, 2.45) is 0 Å². The molecule has 4 rings (SSSR count). The number of aliphatic hydroxyl groups excluding tert-OH is 1. The molecule has 1 aliphatic heterocycles. The van der Waals surface area contributed by atoms with E-state index < -0.39 is 47.9 Å². The van der Waals surface area contributed by atoms with Crippen molar-refractivity contribution in [3.05, 3.63) is 108 Å². The number of aliphatic hydroxyl groups is 1. The summed E-state index contributed by atoms with van der Waals surface area (Å²) in [6.45, 7) is -0.336. The van der Waals surface area contributed by atoms with Crippen LogP contribution >= 0.6 is 11.6 Å². The summed E-state index contributed by atoms with van der Waals surface area (Å²) in [6.07, 6.45) is -5.51. The fourth-order valence-electron chi connectivity index (χ4n) is 3.62. The highest BCUT2D eigenvalue weighted by Gasteiger charge is 2.49. The predicted molar refractivity (Wildman–Crippen MR) is 129 cm³/mol. The van der Waals surface area contributed by atoms with Crippen LogP contribution in [0.2, 0.25) is 0 Å². The van der Waals surface area contributed by atoms with E-state index in [0.717, 1.165) is 0 Å². The summed E-state index contributed by atoms with van der Waals surface area (Å²) in [5.41, 5.74) is 0.784. The van der Waals surface area contributed by atoms with E-state index >= 15 is 0 Å². The standard InChI is InChI=1S/C27H23ClO8/c28-21-20(16-33-24(29)17-10-4-1-5-11-17)34-27(32)23(36-26(31)19-14-8-3-9-15-19)22(21)35-25(30)18-12-6-2-7-13-18/h1-15,20-23,27,32H,16H2/t20?,21-,22+,23-,27+/m1/s1. The predicted octanol–water partition coefficient (Wildman–Crippen LogP) is 3.62. The smallest absolute Gasteiger partial charge is 0.338 e. The third-order valence-electron chi connectivity index (χ3n) is 5.48. The van der Waals surface area contributed by atoms with Gasteiger partial charge in [-0.25, -0.2) is 14.4 Å². The topological polar surface area (TPSA) is 108 Å². The summed E-state index contributed by atoms with van der Waals surface area (Å²) < 4.78 is 21.9. The van der Waals surface area contributed by atoms with Gasteiger partial charge in [0.1, 0.15) is 18.1 Å². The van der Waals surface area contributed by atoms with Gasteiger partial charge >= 0.3 is 17.9 Å². The Morgan fingerprint density at radius 1 is 0.694 bits per heavy atom. The summed E-state index contributed by atoms with van der Waals surface area (Å²) in [6, 6.07) is 24.6. The van der Waals surface area contributed by atoms with Crippen molar-refractivity contribution in [3.63, 3.8) is 0 Å². The molecule has 1 heterocycles. The Morgan fingerprint density at radius 2 is 1.11 bits per heavy atom. The molecule has 1 saturated heterocycles. The zero-order valence-electron chi connectivity index (χ0n) is 18.9. The van der Waals surface area contributed by atoms with E-state index in [4.69, 9.17) is 30.5 Å². The molecule has 0 saturated carbocycles. The second-order valence-electron chi connectivity index (χ2n) is 7.95. The Kier molecular flexibility index (Phi) is 8.32. The van der Waals surface area contributed by atoms with Gasteiger partial charge in [0.2, 0.25) is 0 Å². The minimum absolute atomic E-state index is 0.225. The number of ether oxygens (including phenoxy) is 4. The lowest BCUT2D eigenvalue weighted by molar-refractivity contribution is -0.248. The van der Waals surface area contributed by atoms with Crippen molar-refractivity contribution >= 4 is 29.5 Å². The fraction of sp³-hybridized carbons (Fsp3) is 0.222. The van der Waals surface area contributed by atoms with Gasteiger partial charge in [0.15, 0.2) is 18.5 Å². The largest absolute Gasteiger partial charge is 0.459 e. The Hall–Kier alpha value is -3.72. The summed E-state index contributed by atoms with van der Waals surface area (Å²) in [5, 5.41) is 9.57. The lowest BCUT2D eigenvalue weighted by atomic mass is 10.0. The van der Waals surface area contributed by atoms with E-state index in [1.807, 2.05) is 0 Å². The molecule has 0 aliphatic carbocycles. The van der Waals surface area contributed by atoms with Crippen LogP contribution in [-0.2, 0) is 18.9 Å². The summed E-state index contributed by atoms with van der Waals surface area (Å²) >= 11 is 6.60. The van der Waals surface area contributed by atoms with Crippen LogP contribution in [-0.4, -0.2) is 59.6 Å². The molecule has 3 aromatic carbocycles. The van der Waals surface area contributed by atoms with Crippen molar-refractivity contribution in [3.8, 4) is 0 Å². The lowest BCUT2D eigenvalue weighted by Crippen LogP contribution is -2.59. The first-order valence-electron chi connectivity index (χ1n) is 11.2. The Morgan fingerprint density at radius 3 is 1.58 bits per heavy atom. The van der Waals surface area contributed by atoms with E-state index in [9.17, 15) is 19.5 Å². The van der Waals surface area contributed by atoms with Gasteiger partial charge < -0.3 is 24.1 Å². The minimum atomic E-state index is -1.71. The Bertz CT molecular complexity index is 1170. The molecule has 0 amide bonds. The van der Waals surface area contributed by atoms with Crippen LogP contribution in [0.15, 0.2) is 91.0 Å². The van der Waals surface area contributed by atoms with Crippen LogP contribution < -0.4 is 0 Å². The van der Waals surface area contributed by atoms with E-state index in [0.29, 0.717) is 5.56 Å². The molecule has 0 spiro atoms. The molecule has 1 aliphatic rings. The van der Waals surface area contributed by atoms with E-state index in [1.165, 1.54) is 12.1 Å². The third kappa shape index (κ3) is 6.09. The molecule has 8 nitrogen and oxygen atoms in total. The minimum Gasteiger partial charge on any atom is -0.459 e. The molecule has 1 unspecified atom stereocenters. The number of rotatable bonds is 7. The lowest BCUT2D eigenvalue weighted by Gasteiger charge is -2.41. The zero-order chi connectivity index (χ0) is 25.5. The van der Waals surface area contributed by atoms with Gasteiger partial charge in [-0.1, -0.05) is 54.6 Å². The van der Waals surface area contributed by atoms with Crippen LogP contribution in [0, 0.1) is 0 Å². The average Bonchev–Trinajstić information content (AvgIpc) is 2.92. The SMILES string of the molecule is O=C(OCC1O[C@H](O)[C@H](OC(=O)c2ccccc2)[C@@H](OC(=O)c2ccccc2)[C@@H]1Cl)c1ccccc1. The number of benzene rings is 3. The number of halogens is 1. The van der Waals surface area contributed by atoms with Crippen LogP contribution in [0.4, 0.5) is 0 Å². The second-order valence-corrected chi connectivity index (χ2v) is 8.45. The highest BCUT2D eigenvalue weighted by Crippen LogP contribution is 2.30. The normalized spacial score (nSPS) is 23.3. The number of hydrogen-bond acceptors (Lipinski definition) is 8. The Labute approximate surface area is 212 Å². The quantitative estimate of drug-likeness (QED) is 0.292. The molecule has 9 heteroatoms. The maximum absolute atomic E-state index is 12.8. The number of alkyl halides is 1. The van der Waals surface area contributed by atoms with E-state index in [-0.39, 0.29) is 17.7 Å². The average molecular weight is 511 g/mol. The molecule has 0 bridgehead atoms. The molecule has 1 N–H and O–H groups in total. The van der Waals surface area contributed by atoms with Gasteiger partial charge in [0, 0.05) is 0 Å². The zero-order valence-corrected chi connectivity index (χ0v) is 19.7. The van der Waals surface area contributed by atoms with Crippen molar-refractivity contribution in [2.45, 2.75) is 30.0 Å². The van der Waals surface area contributed by atoms with Gasteiger partial charge in [-0.05, 0) is 36.4 Å². The summed E-state index contributed by atoms with van der Waals surface area (Å²) in [5.74, 6) is -2.11. The first-order valence-corrected chi connectivity index (χ1v) is 11.6. The maximum atomic E-state index is 12.8. The van der Waals surface area contributed by atoms with Crippen LogP contribution in [0.25, 0.3) is 0 Å². The van der Waals surface area contributed by atoms with E-state index in [2.05, 4.69) is 0 Å². The first-order chi connectivity index (χ1) is 17.4. The van der Waals surface area contributed by atoms with Gasteiger partial charge in [0.05, 0.1) is 16.7 Å². The molecule has 186 valence electrons. The molecule has 36 heavy (non-hydrogen) atoms. The fourth-order valence-corrected chi connectivity index (χ4v) is 3.95. The molecular formula is C27H23ClO8. The highest BCUT2D eigenvalue weighted by atomic mass is 35.5. The van der Waals surface area contributed by atoms with Crippen molar-refractivity contribution in [1.29, 1.82) is 0 Å². The van der Waals surface area contributed by atoms with Gasteiger partial charge in [-0.2, -0.15) is 0 Å². The summed E-state index contributed by atoms with van der Waals surface area (Å²) in [4.78, 5) is 37.8. The van der Waals surface area contributed by atoms with Crippen LogP contribution in [0.1, 0.15) is 31.1 Å². The molecule has 1 fully saturated rings. The second kappa shape index (κ2) is 11.8. The van der Waals surface area contributed by atoms with E-state index in [1.54, 1.807) is 78.9 Å². The Balaban J connectivity index is 1.52. The summed E-state index contributed by atoms with van der Waals surface area (Å²) in [7, 11) is 0. The van der Waals surface area contributed by atoms with Crippen molar-refractivity contribution in [2.75, 3.05) is 6.61 Å². The molecule has 3 aromatic rings. The maximum Gasteiger partial charge on any atom is 0.338 e. The number of hydrogen-bond donors (Lipinski definition) is 1. The van der Waals surface area contributed by atoms with Crippen molar-refractivity contribution in [1.82, 2.24) is 0 Å². The number of carbonyl (C=O) groups excluding carboxylic acids is 3. The van der Waals surface area contributed by atoms with Crippen LogP contribution in [0.3, 0.4) is 0 Å². The number of esters is 3. The van der Waals surface area contributed by atoms with Gasteiger partial charge in [0.25, 0.3) is 0 Å². The third-order valence-corrected chi connectivity index (χ3v) is 6.01. The first kappa shape index (κ1) is 25.4. The molecular weight excluding hydrogens is 488 g/mol.